The van der Waals surface area contributed by atoms with Crippen LogP contribution in [0.5, 0.6) is 0 Å². The van der Waals surface area contributed by atoms with Gasteiger partial charge in [0, 0.05) is 18.5 Å². The molecule has 0 unspecified atom stereocenters. The van der Waals surface area contributed by atoms with E-state index < -0.39 is 0 Å². The zero-order valence-corrected chi connectivity index (χ0v) is 14.0. The van der Waals surface area contributed by atoms with Gasteiger partial charge in [0.15, 0.2) is 5.96 Å². The summed E-state index contributed by atoms with van der Waals surface area (Å²) in [6.07, 6.45) is 2.80. The molecule has 0 bridgehead atoms. The minimum Gasteiger partial charge on any atom is -0.357 e. The number of halogens is 1. The predicted molar refractivity (Wildman–Crippen MR) is 89.9 cm³/mol. The second-order valence-electron chi connectivity index (χ2n) is 3.45. The summed E-state index contributed by atoms with van der Waals surface area (Å²) < 4.78 is 0. The van der Waals surface area contributed by atoms with Crippen molar-refractivity contribution in [3.8, 4) is 0 Å². The molecule has 0 fully saturated rings. The molecule has 0 radical (unpaired) electrons. The zero-order chi connectivity index (χ0) is 12.5. The third-order valence-electron chi connectivity index (χ3n) is 2.06. The average Bonchev–Trinajstić information content (AvgIpc) is 2.80. The molecular weight excluding hydrogens is 359 g/mol. The van der Waals surface area contributed by atoms with Crippen molar-refractivity contribution in [2.45, 2.75) is 26.8 Å². The quantitative estimate of drug-likeness (QED) is 0.345. The van der Waals surface area contributed by atoms with Crippen LogP contribution in [-0.4, -0.2) is 24.0 Å². The van der Waals surface area contributed by atoms with Crippen molar-refractivity contribution in [1.29, 1.82) is 0 Å². The van der Waals surface area contributed by atoms with Crippen molar-refractivity contribution in [3.63, 3.8) is 0 Å². The van der Waals surface area contributed by atoms with E-state index in [9.17, 15) is 0 Å². The Morgan fingerprint density at radius 3 is 2.83 bits per heavy atom. The van der Waals surface area contributed by atoms with E-state index in [0.717, 1.165) is 24.6 Å². The largest absolute Gasteiger partial charge is 0.357 e. The van der Waals surface area contributed by atoms with Crippen LogP contribution in [0, 0.1) is 0 Å². The van der Waals surface area contributed by atoms with E-state index in [1.54, 1.807) is 11.3 Å². The van der Waals surface area contributed by atoms with E-state index in [-0.39, 0.29) is 24.0 Å². The Morgan fingerprint density at radius 1 is 1.50 bits per heavy atom. The van der Waals surface area contributed by atoms with Crippen LogP contribution in [0.4, 0.5) is 0 Å². The van der Waals surface area contributed by atoms with Gasteiger partial charge in [-0.1, -0.05) is 13.0 Å². The molecule has 102 valence electrons. The molecule has 4 nitrogen and oxygen atoms in total. The summed E-state index contributed by atoms with van der Waals surface area (Å²) in [7, 11) is 0. The summed E-state index contributed by atoms with van der Waals surface area (Å²) in [6.45, 7) is 10.00. The van der Waals surface area contributed by atoms with E-state index in [4.69, 9.17) is 0 Å². The van der Waals surface area contributed by atoms with Gasteiger partial charge in [0.1, 0.15) is 0 Å². The summed E-state index contributed by atoms with van der Waals surface area (Å²) in [4.78, 5) is 8.94. The lowest BCUT2D eigenvalue weighted by atomic mass is 10.5. The van der Waals surface area contributed by atoms with Gasteiger partial charge in [-0.05, 0) is 13.3 Å². The lowest BCUT2D eigenvalue weighted by Gasteiger charge is -2.08. The molecule has 6 heteroatoms. The molecule has 0 saturated heterocycles. The van der Waals surface area contributed by atoms with Crippen LogP contribution in [0.15, 0.2) is 23.0 Å². The number of aliphatic imine (C=N–C) groups is 1. The number of guanidine groups is 1. The smallest absolute Gasteiger partial charge is 0.191 e. The lowest BCUT2D eigenvalue weighted by Crippen LogP contribution is -2.37. The van der Waals surface area contributed by atoms with E-state index in [2.05, 4.69) is 39.5 Å². The van der Waals surface area contributed by atoms with Gasteiger partial charge in [0.05, 0.1) is 17.2 Å². The monoisotopic (exact) mass is 380 g/mol. The van der Waals surface area contributed by atoms with Crippen LogP contribution in [0.1, 0.15) is 24.5 Å². The highest BCUT2D eigenvalue weighted by Crippen LogP contribution is 2.10. The normalized spacial score (nSPS) is 10.7. The Kier molecular flexibility index (Phi) is 9.95. The summed E-state index contributed by atoms with van der Waals surface area (Å²) in [5.74, 6) is 0.804. The molecule has 0 atom stereocenters. The van der Waals surface area contributed by atoms with Gasteiger partial charge >= 0.3 is 0 Å². The van der Waals surface area contributed by atoms with Crippen LogP contribution in [-0.2, 0) is 13.0 Å². The topological polar surface area (TPSA) is 49.3 Å². The highest BCUT2D eigenvalue weighted by Gasteiger charge is 2.00. The van der Waals surface area contributed by atoms with Gasteiger partial charge in [-0.3, -0.25) is 0 Å². The van der Waals surface area contributed by atoms with Crippen LogP contribution >= 0.6 is 35.3 Å². The first-order chi connectivity index (χ1) is 8.30. The molecule has 1 heterocycles. The highest BCUT2D eigenvalue weighted by molar-refractivity contribution is 14.0. The number of nitrogens with one attached hydrogen (secondary N) is 2. The fraction of sp³-hybridized carbons (Fsp3) is 0.500. The molecule has 18 heavy (non-hydrogen) atoms. The van der Waals surface area contributed by atoms with Crippen LogP contribution in [0.3, 0.4) is 0 Å². The molecular formula is C12H21IN4S. The molecule has 2 N–H and O–H groups in total. The number of nitrogens with zero attached hydrogens (tertiary/aromatic N) is 2. The fourth-order valence-corrected chi connectivity index (χ4v) is 1.99. The Balaban J connectivity index is 0.00000289. The molecule has 0 aliphatic heterocycles. The highest BCUT2D eigenvalue weighted by atomic mass is 127. The first-order valence-electron chi connectivity index (χ1n) is 5.86. The van der Waals surface area contributed by atoms with Crippen molar-refractivity contribution in [1.82, 2.24) is 15.6 Å². The molecule has 0 aliphatic rings. The van der Waals surface area contributed by atoms with Gasteiger partial charge in [0.25, 0.3) is 0 Å². The van der Waals surface area contributed by atoms with Gasteiger partial charge < -0.3 is 10.6 Å². The number of hydrogen-bond donors (Lipinski definition) is 2. The Labute approximate surface area is 130 Å². The molecule has 0 aromatic carbocycles. The van der Waals surface area contributed by atoms with Crippen molar-refractivity contribution >= 4 is 41.3 Å². The summed E-state index contributed by atoms with van der Waals surface area (Å²) in [5.41, 5.74) is 1.03. The summed E-state index contributed by atoms with van der Waals surface area (Å²) in [5, 5.41) is 9.57. The van der Waals surface area contributed by atoms with E-state index in [1.807, 2.05) is 13.0 Å². The molecule has 1 aromatic heterocycles. The standard InChI is InChI=1S/C12H20N4S.HI/c1-4-7-14-12(13-6-3)15-8-10-9-17-11(5-2)16-10;/h4,9H,1,5-8H2,2-3H3,(H2,13,14,15);1H. The molecule has 1 aromatic rings. The Hall–Kier alpha value is -0.630. The average molecular weight is 380 g/mol. The number of aromatic nitrogens is 1. The second-order valence-corrected chi connectivity index (χ2v) is 4.39. The first-order valence-corrected chi connectivity index (χ1v) is 6.74. The zero-order valence-electron chi connectivity index (χ0n) is 10.9. The number of thiazole rings is 1. The van der Waals surface area contributed by atoms with Crippen molar-refractivity contribution < 1.29 is 0 Å². The van der Waals surface area contributed by atoms with E-state index in [1.165, 1.54) is 5.01 Å². The molecule has 0 spiro atoms. The van der Waals surface area contributed by atoms with Crippen molar-refractivity contribution in [3.05, 3.63) is 28.7 Å². The molecule has 1 rings (SSSR count). The Bertz CT molecular complexity index is 376. The maximum atomic E-state index is 4.48. The van der Waals surface area contributed by atoms with Crippen LogP contribution in [0.2, 0.25) is 0 Å². The third-order valence-corrected chi connectivity index (χ3v) is 3.10. The van der Waals surface area contributed by atoms with Gasteiger partial charge in [-0.25, -0.2) is 9.98 Å². The molecule has 0 saturated carbocycles. The maximum absolute atomic E-state index is 4.48. The summed E-state index contributed by atoms with van der Waals surface area (Å²) in [6, 6.07) is 0. The maximum Gasteiger partial charge on any atom is 0.191 e. The SMILES string of the molecule is C=CCNC(=NCc1csc(CC)n1)NCC.I. The predicted octanol–water partition coefficient (Wildman–Crippen LogP) is 2.56. The molecule has 0 aliphatic carbocycles. The summed E-state index contributed by atoms with van der Waals surface area (Å²) >= 11 is 1.70. The number of hydrogen-bond acceptors (Lipinski definition) is 3. The van der Waals surface area contributed by atoms with E-state index in [0.29, 0.717) is 13.1 Å². The van der Waals surface area contributed by atoms with Crippen molar-refractivity contribution in [2.24, 2.45) is 4.99 Å². The number of aryl methyl sites for hydroxylation is 1. The first kappa shape index (κ1) is 17.4. The van der Waals surface area contributed by atoms with E-state index >= 15 is 0 Å². The lowest BCUT2D eigenvalue weighted by molar-refractivity contribution is 0.852. The van der Waals surface area contributed by atoms with Crippen LogP contribution in [0.25, 0.3) is 0 Å². The molecule has 0 amide bonds. The number of rotatable bonds is 6. The van der Waals surface area contributed by atoms with Crippen LogP contribution < -0.4 is 10.6 Å². The van der Waals surface area contributed by atoms with Gasteiger partial charge in [-0.2, -0.15) is 0 Å². The van der Waals surface area contributed by atoms with Gasteiger partial charge in [-0.15, -0.1) is 41.9 Å². The Morgan fingerprint density at radius 2 is 2.28 bits per heavy atom. The van der Waals surface area contributed by atoms with Crippen molar-refractivity contribution in [2.75, 3.05) is 13.1 Å². The second kappa shape index (κ2) is 10.3. The fourth-order valence-electron chi connectivity index (χ4n) is 1.25. The minimum atomic E-state index is 0. The van der Waals surface area contributed by atoms with Gasteiger partial charge in [0.2, 0.25) is 0 Å². The third kappa shape index (κ3) is 6.34. The minimum absolute atomic E-state index is 0.